The van der Waals surface area contributed by atoms with E-state index in [-0.39, 0.29) is 17.3 Å². The lowest BCUT2D eigenvalue weighted by molar-refractivity contribution is -0.132. The van der Waals surface area contributed by atoms with Crippen LogP contribution in [0.15, 0.2) is 72.6 Å². The quantitative estimate of drug-likeness (QED) is 0.277. The smallest absolute Gasteiger partial charge is 0.302 e. The molecule has 9 nitrogen and oxygen atoms in total. The third kappa shape index (κ3) is 3.09. The minimum absolute atomic E-state index is 0.0478. The first kappa shape index (κ1) is 20.0. The summed E-state index contributed by atoms with van der Waals surface area (Å²) in [5.41, 5.74) is 2.27. The molecule has 34 heavy (non-hydrogen) atoms. The number of hydrogen-bond donors (Lipinski definition) is 2. The molecular weight excluding hydrogens is 436 g/mol. The summed E-state index contributed by atoms with van der Waals surface area (Å²) in [6.07, 6.45) is 3.14. The summed E-state index contributed by atoms with van der Waals surface area (Å²) in [6, 6.07) is 14.7. The van der Waals surface area contributed by atoms with Crippen LogP contribution in [0.2, 0.25) is 0 Å². The van der Waals surface area contributed by atoms with Crippen molar-refractivity contribution in [2.24, 2.45) is 0 Å². The van der Waals surface area contributed by atoms with Gasteiger partial charge in [-0.25, -0.2) is 4.98 Å². The van der Waals surface area contributed by atoms with E-state index in [1.54, 1.807) is 42.7 Å². The summed E-state index contributed by atoms with van der Waals surface area (Å²) in [4.78, 5) is 39.5. The fraction of sp³-hybridized carbons (Fsp3) is 0.120. The molecule has 1 amide bonds. The van der Waals surface area contributed by atoms with Gasteiger partial charge in [-0.1, -0.05) is 12.1 Å². The zero-order valence-electron chi connectivity index (χ0n) is 17.8. The number of amides is 1. The van der Waals surface area contributed by atoms with Crippen molar-refractivity contribution in [3.63, 3.8) is 0 Å². The molecule has 0 bridgehead atoms. The van der Waals surface area contributed by atoms with Crippen LogP contribution in [0.25, 0.3) is 16.8 Å². The number of aliphatic hydroxyl groups is 1. The lowest BCUT2D eigenvalue weighted by Gasteiger charge is -2.23. The molecule has 2 aromatic heterocycles. The molecule has 9 heteroatoms. The summed E-state index contributed by atoms with van der Waals surface area (Å²) in [5.74, 6) is -0.685. The zero-order valence-corrected chi connectivity index (χ0v) is 17.8. The van der Waals surface area contributed by atoms with Gasteiger partial charge in [-0.05, 0) is 48.0 Å². The molecule has 0 aliphatic carbocycles. The average molecular weight is 454 g/mol. The maximum atomic E-state index is 13.3. The van der Waals surface area contributed by atoms with Crippen LogP contribution < -0.4 is 14.4 Å². The van der Waals surface area contributed by atoms with Crippen LogP contribution in [0, 0.1) is 0 Å². The number of ether oxygens (including phenoxy) is 2. The fourth-order valence-corrected chi connectivity index (χ4v) is 4.31. The Bertz CT molecular complexity index is 1440. The van der Waals surface area contributed by atoms with Crippen LogP contribution in [0.3, 0.4) is 0 Å². The number of H-pyrrole nitrogens is 1. The Balaban J connectivity index is 1.53. The van der Waals surface area contributed by atoms with Crippen LogP contribution in [0.1, 0.15) is 17.2 Å². The molecule has 6 rings (SSSR count). The molecule has 1 atom stereocenters. The number of rotatable bonds is 3. The number of carbonyl (C=O) groups is 2. The van der Waals surface area contributed by atoms with E-state index in [0.29, 0.717) is 41.4 Å². The Kier molecular flexibility index (Phi) is 4.54. The highest BCUT2D eigenvalue weighted by atomic mass is 16.6. The van der Waals surface area contributed by atoms with Gasteiger partial charge in [0.2, 0.25) is 5.95 Å². The largest absolute Gasteiger partial charge is 0.507 e. The number of anilines is 1. The van der Waals surface area contributed by atoms with Crippen molar-refractivity contribution in [1.82, 2.24) is 15.0 Å². The number of ketones is 1. The van der Waals surface area contributed by atoms with Crippen molar-refractivity contribution in [1.29, 1.82) is 0 Å². The maximum Gasteiger partial charge on any atom is 0.302 e. The second-order valence-electron chi connectivity index (χ2n) is 7.89. The van der Waals surface area contributed by atoms with E-state index >= 15 is 0 Å². The number of aliphatic hydroxyl groups excluding tert-OH is 1. The number of para-hydroxylation sites is 2. The molecule has 2 aromatic carbocycles. The summed E-state index contributed by atoms with van der Waals surface area (Å²) >= 11 is 0. The van der Waals surface area contributed by atoms with Gasteiger partial charge < -0.3 is 19.6 Å². The molecule has 1 saturated heterocycles. The number of nitrogens with one attached hydrogen (secondary N) is 1. The number of Topliss-reactive ketones (excluding diaryl/α,β-unsaturated/α-hetero) is 1. The predicted molar refractivity (Wildman–Crippen MR) is 123 cm³/mol. The summed E-state index contributed by atoms with van der Waals surface area (Å²) in [7, 11) is 0. The molecule has 0 saturated carbocycles. The first-order valence-corrected chi connectivity index (χ1v) is 10.7. The molecule has 0 radical (unpaired) electrons. The van der Waals surface area contributed by atoms with Crippen LogP contribution in [-0.4, -0.2) is 45.0 Å². The molecule has 2 N–H and O–H groups in total. The van der Waals surface area contributed by atoms with Gasteiger partial charge in [0.1, 0.15) is 19.0 Å². The molecule has 168 valence electrons. The van der Waals surface area contributed by atoms with Crippen molar-refractivity contribution in [2.75, 3.05) is 18.1 Å². The first-order chi connectivity index (χ1) is 16.6. The Labute approximate surface area is 193 Å². The normalized spacial score (nSPS) is 19.1. The Morgan fingerprint density at radius 3 is 2.56 bits per heavy atom. The number of aromatic nitrogens is 3. The van der Waals surface area contributed by atoms with Crippen LogP contribution in [-0.2, 0) is 9.59 Å². The highest BCUT2D eigenvalue weighted by molar-refractivity contribution is 6.51. The van der Waals surface area contributed by atoms with Gasteiger partial charge in [0, 0.05) is 18.0 Å². The molecule has 1 unspecified atom stereocenters. The molecule has 2 aliphatic rings. The van der Waals surface area contributed by atoms with Gasteiger partial charge in [0.25, 0.3) is 5.78 Å². The second kappa shape index (κ2) is 7.73. The standard InChI is InChI=1S/C25H18N4O5/c30-22(15-5-6-18-19(13-15)34-12-11-33-18)20-21(14-7-9-26-10-8-14)29(24(32)23(20)31)25-27-16-3-1-2-4-17(16)28-25/h1-10,13,21,30H,11-12H2,(H,27,28)/b22-20+. The van der Waals surface area contributed by atoms with Gasteiger partial charge in [-0.3, -0.25) is 19.5 Å². The molecule has 0 spiro atoms. The zero-order chi connectivity index (χ0) is 23.2. The van der Waals surface area contributed by atoms with Gasteiger partial charge in [-0.2, -0.15) is 0 Å². The number of imidazole rings is 1. The monoisotopic (exact) mass is 454 g/mol. The lowest BCUT2D eigenvalue weighted by Crippen LogP contribution is -2.30. The number of hydrogen-bond acceptors (Lipinski definition) is 7. The minimum Gasteiger partial charge on any atom is -0.507 e. The van der Waals surface area contributed by atoms with E-state index in [1.807, 2.05) is 24.3 Å². The van der Waals surface area contributed by atoms with Crippen molar-refractivity contribution >= 4 is 34.4 Å². The van der Waals surface area contributed by atoms with Gasteiger partial charge in [-0.15, -0.1) is 0 Å². The number of nitrogens with zero attached hydrogens (tertiary/aromatic N) is 3. The first-order valence-electron chi connectivity index (χ1n) is 10.7. The highest BCUT2D eigenvalue weighted by Gasteiger charge is 2.48. The Morgan fingerprint density at radius 2 is 1.76 bits per heavy atom. The number of pyridine rings is 1. The minimum atomic E-state index is -0.906. The topological polar surface area (TPSA) is 118 Å². The molecule has 4 aromatic rings. The van der Waals surface area contributed by atoms with Crippen LogP contribution in [0.4, 0.5) is 5.95 Å². The molecular formula is C25H18N4O5. The van der Waals surface area contributed by atoms with E-state index < -0.39 is 17.7 Å². The van der Waals surface area contributed by atoms with Crippen molar-refractivity contribution in [3.8, 4) is 11.5 Å². The average Bonchev–Trinajstić information content (AvgIpc) is 3.42. The maximum absolute atomic E-state index is 13.3. The second-order valence-corrected chi connectivity index (χ2v) is 7.89. The Morgan fingerprint density at radius 1 is 1.00 bits per heavy atom. The van der Waals surface area contributed by atoms with Crippen molar-refractivity contribution in [3.05, 3.63) is 83.7 Å². The van der Waals surface area contributed by atoms with Crippen molar-refractivity contribution < 1.29 is 24.2 Å². The lowest BCUT2D eigenvalue weighted by atomic mass is 9.96. The fourth-order valence-electron chi connectivity index (χ4n) is 4.31. The summed E-state index contributed by atoms with van der Waals surface area (Å²) in [6.45, 7) is 0.813. The molecule has 4 heterocycles. The Hall–Kier alpha value is -4.66. The predicted octanol–water partition coefficient (Wildman–Crippen LogP) is 3.36. The van der Waals surface area contributed by atoms with Crippen molar-refractivity contribution in [2.45, 2.75) is 6.04 Å². The van der Waals surface area contributed by atoms with E-state index in [0.717, 1.165) is 5.52 Å². The van der Waals surface area contributed by atoms with Gasteiger partial charge >= 0.3 is 5.91 Å². The van der Waals surface area contributed by atoms with E-state index in [1.165, 1.54) is 4.90 Å². The number of aromatic amines is 1. The van der Waals surface area contributed by atoms with Gasteiger partial charge in [0.15, 0.2) is 11.5 Å². The number of carbonyl (C=O) groups excluding carboxylic acids is 2. The SMILES string of the molecule is O=C1C(=O)N(c2nc3ccccc3[nH]2)C(c2ccncc2)/C1=C(\O)c1ccc2c(c1)OCCO2. The van der Waals surface area contributed by atoms with E-state index in [2.05, 4.69) is 15.0 Å². The number of benzene rings is 2. The summed E-state index contributed by atoms with van der Waals surface area (Å²) in [5, 5.41) is 11.3. The summed E-state index contributed by atoms with van der Waals surface area (Å²) < 4.78 is 11.2. The third-order valence-electron chi connectivity index (χ3n) is 5.89. The number of fused-ring (bicyclic) bond motifs is 2. The van der Waals surface area contributed by atoms with E-state index in [9.17, 15) is 14.7 Å². The third-order valence-corrected chi connectivity index (χ3v) is 5.89. The van der Waals surface area contributed by atoms with Gasteiger partial charge in [0.05, 0.1) is 22.6 Å². The van der Waals surface area contributed by atoms with Crippen LogP contribution >= 0.6 is 0 Å². The molecule has 1 fully saturated rings. The molecule has 2 aliphatic heterocycles. The van der Waals surface area contributed by atoms with Crippen LogP contribution in [0.5, 0.6) is 11.5 Å². The highest BCUT2D eigenvalue weighted by Crippen LogP contribution is 2.42. The van der Waals surface area contributed by atoms with E-state index in [4.69, 9.17) is 9.47 Å².